The molecule has 0 saturated carbocycles. The Hall–Kier alpha value is -3.06. The Labute approximate surface area is 183 Å². The fourth-order valence-electron chi connectivity index (χ4n) is 3.28. The zero-order chi connectivity index (χ0) is 22.1. The quantitative estimate of drug-likeness (QED) is 0.611. The molecular weight excluding hydrogens is 394 g/mol. The van der Waals surface area contributed by atoms with E-state index in [-0.39, 0.29) is 24.5 Å². The van der Waals surface area contributed by atoms with Gasteiger partial charge in [-0.15, -0.1) is 0 Å². The van der Waals surface area contributed by atoms with Crippen LogP contribution in [0.4, 0.5) is 11.4 Å². The van der Waals surface area contributed by atoms with Crippen molar-refractivity contribution in [3.8, 4) is 5.75 Å². The molecule has 0 bridgehead atoms. The van der Waals surface area contributed by atoms with E-state index in [1.54, 1.807) is 19.0 Å². The lowest BCUT2D eigenvalue weighted by atomic mass is 10.1. The second kappa shape index (κ2) is 11.4. The molecule has 1 aliphatic rings. The van der Waals surface area contributed by atoms with Crippen LogP contribution in [0.25, 0.3) is 0 Å². The van der Waals surface area contributed by atoms with Crippen LogP contribution < -0.4 is 15.4 Å². The van der Waals surface area contributed by atoms with Crippen molar-refractivity contribution >= 4 is 23.2 Å². The number of nitrogens with one attached hydrogen (secondary N) is 2. The summed E-state index contributed by atoms with van der Waals surface area (Å²) in [6.45, 7) is 1.50. The summed E-state index contributed by atoms with van der Waals surface area (Å²) >= 11 is 0. The first-order valence-electron chi connectivity index (χ1n) is 10.7. The van der Waals surface area contributed by atoms with Gasteiger partial charge in [0.1, 0.15) is 12.4 Å². The Bertz CT molecular complexity index is 861. The van der Waals surface area contributed by atoms with Gasteiger partial charge in [0, 0.05) is 44.6 Å². The molecule has 7 nitrogen and oxygen atoms in total. The van der Waals surface area contributed by atoms with Crippen LogP contribution in [0.2, 0.25) is 0 Å². The van der Waals surface area contributed by atoms with Gasteiger partial charge in [-0.3, -0.25) is 9.59 Å². The van der Waals surface area contributed by atoms with Gasteiger partial charge < -0.3 is 25.0 Å². The number of hydrogen-bond acceptors (Lipinski definition) is 5. The first kappa shape index (κ1) is 22.6. The monoisotopic (exact) mass is 425 g/mol. The van der Waals surface area contributed by atoms with Gasteiger partial charge in [-0.1, -0.05) is 18.2 Å². The van der Waals surface area contributed by atoms with Crippen molar-refractivity contribution in [3.05, 3.63) is 54.1 Å². The highest BCUT2D eigenvalue weighted by Gasteiger charge is 2.16. The standard InChI is InChI=1S/C24H31N3O4/c1-27(2)24(29)13-10-18-8-11-19(12-9-18)26-23(28)16-25-20-5-3-6-21(15-20)31-17-22-7-4-14-30-22/h3,5-6,8-9,11-12,15,22,25H,4,7,10,13-14,16-17H2,1-2H3,(H,26,28). The minimum absolute atomic E-state index is 0.102. The second-order valence-electron chi connectivity index (χ2n) is 7.86. The molecule has 7 heteroatoms. The number of aryl methyl sites for hydroxylation is 1. The van der Waals surface area contributed by atoms with Crippen LogP contribution in [0.15, 0.2) is 48.5 Å². The first-order valence-corrected chi connectivity index (χ1v) is 10.7. The molecule has 2 aromatic carbocycles. The van der Waals surface area contributed by atoms with E-state index in [2.05, 4.69) is 10.6 Å². The Kier molecular flexibility index (Phi) is 8.29. The third-order valence-corrected chi connectivity index (χ3v) is 5.11. The second-order valence-corrected chi connectivity index (χ2v) is 7.86. The van der Waals surface area contributed by atoms with Gasteiger partial charge in [0.25, 0.3) is 0 Å². The van der Waals surface area contributed by atoms with Crippen LogP contribution in [0.1, 0.15) is 24.8 Å². The molecule has 2 aromatic rings. The van der Waals surface area contributed by atoms with Crippen LogP contribution >= 0.6 is 0 Å². The molecule has 166 valence electrons. The SMILES string of the molecule is CN(C)C(=O)CCc1ccc(NC(=O)CNc2cccc(OCC3CCCO3)c2)cc1. The van der Waals surface area contributed by atoms with Gasteiger partial charge in [0.05, 0.1) is 12.6 Å². The van der Waals surface area contributed by atoms with E-state index < -0.39 is 0 Å². The van der Waals surface area contributed by atoms with Crippen molar-refractivity contribution in [2.75, 3.05) is 44.5 Å². The Morgan fingerprint density at radius 3 is 2.65 bits per heavy atom. The van der Waals surface area contributed by atoms with Gasteiger partial charge in [0.15, 0.2) is 0 Å². The third kappa shape index (κ3) is 7.61. The average Bonchev–Trinajstić information content (AvgIpc) is 3.29. The van der Waals surface area contributed by atoms with Gasteiger partial charge in [0.2, 0.25) is 11.8 Å². The van der Waals surface area contributed by atoms with Gasteiger partial charge in [-0.25, -0.2) is 0 Å². The van der Waals surface area contributed by atoms with Crippen molar-refractivity contribution in [2.45, 2.75) is 31.8 Å². The summed E-state index contributed by atoms with van der Waals surface area (Å²) in [7, 11) is 3.51. The molecule has 1 fully saturated rings. The molecule has 0 aliphatic carbocycles. The molecule has 0 radical (unpaired) electrons. The molecule has 3 rings (SSSR count). The Morgan fingerprint density at radius 2 is 1.94 bits per heavy atom. The van der Waals surface area contributed by atoms with E-state index in [1.165, 1.54) is 0 Å². The van der Waals surface area contributed by atoms with Crippen LogP contribution in [-0.2, 0) is 20.7 Å². The summed E-state index contributed by atoms with van der Waals surface area (Å²) in [5.74, 6) is 0.718. The molecule has 31 heavy (non-hydrogen) atoms. The zero-order valence-corrected chi connectivity index (χ0v) is 18.2. The van der Waals surface area contributed by atoms with Crippen LogP contribution in [0.5, 0.6) is 5.75 Å². The molecule has 1 saturated heterocycles. The number of carbonyl (C=O) groups is 2. The van der Waals surface area contributed by atoms with Crippen LogP contribution in [0, 0.1) is 0 Å². The highest BCUT2D eigenvalue weighted by molar-refractivity contribution is 5.93. The smallest absolute Gasteiger partial charge is 0.243 e. The van der Waals surface area contributed by atoms with Gasteiger partial charge in [-0.05, 0) is 49.1 Å². The van der Waals surface area contributed by atoms with Crippen molar-refractivity contribution in [1.29, 1.82) is 0 Å². The highest BCUT2D eigenvalue weighted by atomic mass is 16.5. The number of carbonyl (C=O) groups excluding carboxylic acids is 2. The lowest BCUT2D eigenvalue weighted by molar-refractivity contribution is -0.128. The maximum atomic E-state index is 12.3. The summed E-state index contributed by atoms with van der Waals surface area (Å²) in [6, 6.07) is 15.1. The lowest BCUT2D eigenvalue weighted by Gasteiger charge is -2.13. The minimum Gasteiger partial charge on any atom is -0.491 e. The molecule has 0 aromatic heterocycles. The maximum Gasteiger partial charge on any atom is 0.243 e. The van der Waals surface area contributed by atoms with E-state index in [1.807, 2.05) is 48.5 Å². The summed E-state index contributed by atoms with van der Waals surface area (Å²) in [5, 5.41) is 6.00. The largest absolute Gasteiger partial charge is 0.491 e. The molecule has 1 unspecified atom stereocenters. The molecular formula is C24H31N3O4. The summed E-state index contributed by atoms with van der Waals surface area (Å²) in [4.78, 5) is 25.5. The van der Waals surface area contributed by atoms with Crippen molar-refractivity contribution in [3.63, 3.8) is 0 Å². The zero-order valence-electron chi connectivity index (χ0n) is 18.2. The third-order valence-electron chi connectivity index (χ3n) is 5.11. The van der Waals surface area contributed by atoms with Crippen molar-refractivity contribution in [2.24, 2.45) is 0 Å². The van der Waals surface area contributed by atoms with E-state index in [0.29, 0.717) is 19.4 Å². The topological polar surface area (TPSA) is 79.9 Å². The Balaban J connectivity index is 1.41. The first-order chi connectivity index (χ1) is 15.0. The predicted octanol–water partition coefficient (Wildman–Crippen LogP) is 3.32. The van der Waals surface area contributed by atoms with Crippen molar-refractivity contribution < 1.29 is 19.1 Å². The number of rotatable bonds is 10. The van der Waals surface area contributed by atoms with Crippen LogP contribution in [-0.4, -0.2) is 56.7 Å². The molecule has 1 aliphatic heterocycles. The maximum absolute atomic E-state index is 12.3. The number of anilines is 2. The Morgan fingerprint density at radius 1 is 1.13 bits per heavy atom. The lowest BCUT2D eigenvalue weighted by Crippen LogP contribution is -2.22. The fraction of sp³-hybridized carbons (Fsp3) is 0.417. The summed E-state index contributed by atoms with van der Waals surface area (Å²) < 4.78 is 11.4. The number of ether oxygens (including phenoxy) is 2. The average molecular weight is 426 g/mol. The number of benzene rings is 2. The molecule has 2 N–H and O–H groups in total. The summed E-state index contributed by atoms with van der Waals surface area (Å²) in [6.07, 6.45) is 3.44. The van der Waals surface area contributed by atoms with E-state index in [9.17, 15) is 9.59 Å². The van der Waals surface area contributed by atoms with E-state index in [4.69, 9.17) is 9.47 Å². The van der Waals surface area contributed by atoms with E-state index in [0.717, 1.165) is 42.1 Å². The van der Waals surface area contributed by atoms with Gasteiger partial charge in [-0.2, -0.15) is 0 Å². The minimum atomic E-state index is -0.138. The van der Waals surface area contributed by atoms with E-state index >= 15 is 0 Å². The highest BCUT2D eigenvalue weighted by Crippen LogP contribution is 2.19. The molecule has 1 atom stereocenters. The van der Waals surface area contributed by atoms with Crippen LogP contribution in [0.3, 0.4) is 0 Å². The molecule has 1 heterocycles. The summed E-state index contributed by atoms with van der Waals surface area (Å²) in [5.41, 5.74) is 2.61. The molecule has 2 amide bonds. The number of hydrogen-bond donors (Lipinski definition) is 2. The fourth-order valence-corrected chi connectivity index (χ4v) is 3.28. The normalized spacial score (nSPS) is 15.4. The van der Waals surface area contributed by atoms with Gasteiger partial charge >= 0.3 is 0 Å². The molecule has 0 spiro atoms. The number of amides is 2. The predicted molar refractivity (Wildman–Crippen MR) is 121 cm³/mol. The number of nitrogens with zero attached hydrogens (tertiary/aromatic N) is 1. The van der Waals surface area contributed by atoms with Crippen molar-refractivity contribution in [1.82, 2.24) is 4.90 Å².